The van der Waals surface area contributed by atoms with E-state index in [2.05, 4.69) is 17.4 Å². The molecule has 6 rings (SSSR count). The Hall–Kier alpha value is -1.07. The van der Waals surface area contributed by atoms with Crippen molar-refractivity contribution in [1.82, 2.24) is 5.32 Å². The minimum absolute atomic E-state index is 0.143. The van der Waals surface area contributed by atoms with Crippen molar-refractivity contribution < 1.29 is 8.78 Å². The number of rotatable bonds is 3. The van der Waals surface area contributed by atoms with Crippen molar-refractivity contribution in [3.05, 3.63) is 35.9 Å². The minimum atomic E-state index is -2.55. The standard InChI is InChI=1S/C23H30F2N2S/c24-23(25)16-10-21(15-4-2-1-3-5-15)11-17(23)13-22(12-16,14-21)20(28)27-19-8-6-18(26)7-9-19/h1-5,16-19H,6-14,26H2,(H,27,28). The van der Waals surface area contributed by atoms with Gasteiger partial charge in [0.15, 0.2) is 0 Å². The van der Waals surface area contributed by atoms with Crippen LogP contribution in [-0.4, -0.2) is 23.0 Å². The lowest BCUT2D eigenvalue weighted by molar-refractivity contribution is -0.220. The molecule has 5 aliphatic rings. The van der Waals surface area contributed by atoms with Gasteiger partial charge in [0.05, 0.1) is 4.99 Å². The predicted octanol–water partition coefficient (Wildman–Crippen LogP) is 4.96. The average Bonchev–Trinajstić information content (AvgIpc) is 2.68. The highest BCUT2D eigenvalue weighted by molar-refractivity contribution is 7.80. The number of nitrogens with one attached hydrogen (secondary N) is 1. The summed E-state index contributed by atoms with van der Waals surface area (Å²) < 4.78 is 30.1. The average molecular weight is 405 g/mol. The Morgan fingerprint density at radius 3 is 2.18 bits per heavy atom. The van der Waals surface area contributed by atoms with Gasteiger partial charge >= 0.3 is 0 Å². The molecule has 5 aliphatic carbocycles. The molecule has 2 nitrogen and oxygen atoms in total. The van der Waals surface area contributed by atoms with Crippen LogP contribution in [-0.2, 0) is 5.41 Å². The highest BCUT2D eigenvalue weighted by Crippen LogP contribution is 2.70. The third-order valence-electron chi connectivity index (χ3n) is 8.29. The molecule has 1 aromatic carbocycles. The number of thiocarbonyl (C=S) groups is 1. The van der Waals surface area contributed by atoms with Crippen molar-refractivity contribution in [3.63, 3.8) is 0 Å². The second-order valence-corrected chi connectivity index (χ2v) is 10.5. The van der Waals surface area contributed by atoms with Crippen molar-refractivity contribution in [3.8, 4) is 0 Å². The zero-order chi connectivity index (χ0) is 19.6. The molecule has 0 spiro atoms. The molecule has 2 atom stereocenters. The summed E-state index contributed by atoms with van der Waals surface area (Å²) >= 11 is 5.94. The van der Waals surface area contributed by atoms with E-state index in [-0.39, 0.29) is 10.8 Å². The molecule has 1 aromatic rings. The number of alkyl halides is 2. The number of hydrogen-bond acceptors (Lipinski definition) is 2. The van der Waals surface area contributed by atoms with Crippen molar-refractivity contribution >= 4 is 17.2 Å². The molecule has 5 fully saturated rings. The zero-order valence-corrected chi connectivity index (χ0v) is 17.1. The number of halogens is 2. The predicted molar refractivity (Wildman–Crippen MR) is 112 cm³/mol. The lowest BCUT2D eigenvalue weighted by atomic mass is 9.41. The van der Waals surface area contributed by atoms with Crippen LogP contribution in [0.1, 0.15) is 63.4 Å². The van der Waals surface area contributed by atoms with Crippen LogP contribution in [0.4, 0.5) is 8.78 Å². The molecule has 2 unspecified atom stereocenters. The van der Waals surface area contributed by atoms with Gasteiger partial charge < -0.3 is 11.1 Å². The first-order valence-corrected chi connectivity index (χ1v) is 11.2. The Kier molecular flexibility index (Phi) is 4.37. The van der Waals surface area contributed by atoms with Crippen molar-refractivity contribution in [2.45, 2.75) is 81.2 Å². The molecule has 5 heteroatoms. The molecule has 0 aliphatic heterocycles. The van der Waals surface area contributed by atoms with Gasteiger partial charge in [-0.15, -0.1) is 0 Å². The van der Waals surface area contributed by atoms with Crippen LogP contribution in [0.25, 0.3) is 0 Å². The van der Waals surface area contributed by atoms with E-state index in [1.807, 2.05) is 18.2 Å². The molecular weight excluding hydrogens is 374 g/mol. The highest BCUT2D eigenvalue weighted by Gasteiger charge is 2.69. The topological polar surface area (TPSA) is 38.0 Å². The van der Waals surface area contributed by atoms with Crippen LogP contribution in [0.15, 0.2) is 30.3 Å². The highest BCUT2D eigenvalue weighted by atomic mass is 32.1. The molecule has 152 valence electrons. The van der Waals surface area contributed by atoms with E-state index < -0.39 is 17.8 Å². The number of nitrogens with two attached hydrogens (primary N) is 1. The largest absolute Gasteiger partial charge is 0.376 e. The summed E-state index contributed by atoms with van der Waals surface area (Å²) in [5.41, 5.74) is 6.86. The third kappa shape index (κ3) is 2.84. The summed E-state index contributed by atoms with van der Waals surface area (Å²) in [5.74, 6) is -3.64. The van der Waals surface area contributed by atoms with Gasteiger partial charge in [-0.1, -0.05) is 42.5 Å². The Morgan fingerprint density at radius 1 is 0.964 bits per heavy atom. The van der Waals surface area contributed by atoms with Gasteiger partial charge in [0.25, 0.3) is 5.92 Å². The van der Waals surface area contributed by atoms with E-state index in [1.54, 1.807) is 0 Å². The van der Waals surface area contributed by atoms with E-state index in [1.165, 1.54) is 5.56 Å². The summed E-state index contributed by atoms with van der Waals surface area (Å²) in [6.45, 7) is 0. The quantitative estimate of drug-likeness (QED) is 0.700. The Morgan fingerprint density at radius 2 is 1.57 bits per heavy atom. The van der Waals surface area contributed by atoms with Crippen LogP contribution in [0.5, 0.6) is 0 Å². The number of hydrogen-bond donors (Lipinski definition) is 2. The molecule has 4 bridgehead atoms. The monoisotopic (exact) mass is 404 g/mol. The maximum absolute atomic E-state index is 15.1. The first-order valence-electron chi connectivity index (χ1n) is 10.8. The molecule has 0 saturated heterocycles. The molecular formula is C23H30F2N2S. The van der Waals surface area contributed by atoms with Crippen molar-refractivity contribution in [2.75, 3.05) is 0 Å². The van der Waals surface area contributed by atoms with Gasteiger partial charge in [0.2, 0.25) is 0 Å². The summed E-state index contributed by atoms with van der Waals surface area (Å²) in [6.07, 6.45) is 7.31. The Labute approximate surface area is 171 Å². The lowest BCUT2D eigenvalue weighted by Crippen LogP contribution is -2.65. The molecule has 0 aromatic heterocycles. The van der Waals surface area contributed by atoms with E-state index >= 15 is 8.78 Å². The summed E-state index contributed by atoms with van der Waals surface area (Å²) in [6, 6.07) is 11.0. The van der Waals surface area contributed by atoms with Gasteiger partial charge in [-0.3, -0.25) is 0 Å². The van der Waals surface area contributed by atoms with Crippen LogP contribution in [0.3, 0.4) is 0 Å². The Bertz CT molecular complexity index is 739. The number of benzene rings is 1. The van der Waals surface area contributed by atoms with Crippen LogP contribution in [0, 0.1) is 17.3 Å². The second-order valence-electron chi connectivity index (χ2n) is 10.1. The molecule has 3 N–H and O–H groups in total. The maximum Gasteiger partial charge on any atom is 0.253 e. The van der Waals surface area contributed by atoms with E-state index in [9.17, 15) is 0 Å². The molecule has 0 heterocycles. The smallest absolute Gasteiger partial charge is 0.253 e. The van der Waals surface area contributed by atoms with Crippen molar-refractivity contribution in [2.24, 2.45) is 23.0 Å². The Balaban J connectivity index is 1.44. The van der Waals surface area contributed by atoms with Gasteiger partial charge in [-0.25, -0.2) is 8.78 Å². The summed E-state index contributed by atoms with van der Waals surface area (Å²) in [7, 11) is 0. The van der Waals surface area contributed by atoms with E-state index in [0.717, 1.165) is 37.1 Å². The fraction of sp³-hybridized carbons (Fsp3) is 0.696. The summed E-state index contributed by atoms with van der Waals surface area (Å²) in [5, 5.41) is 3.62. The first-order chi connectivity index (χ1) is 13.3. The molecule has 5 saturated carbocycles. The first kappa shape index (κ1) is 18.9. The van der Waals surface area contributed by atoms with E-state index in [0.29, 0.717) is 37.8 Å². The molecule has 0 amide bonds. The van der Waals surface area contributed by atoms with Gasteiger partial charge in [0, 0.05) is 29.3 Å². The third-order valence-corrected chi connectivity index (χ3v) is 8.84. The zero-order valence-electron chi connectivity index (χ0n) is 16.3. The second kappa shape index (κ2) is 6.46. The minimum Gasteiger partial charge on any atom is -0.376 e. The fourth-order valence-electron chi connectivity index (χ4n) is 7.01. The van der Waals surface area contributed by atoms with Crippen LogP contribution < -0.4 is 11.1 Å². The molecule has 28 heavy (non-hydrogen) atoms. The van der Waals surface area contributed by atoms with E-state index in [4.69, 9.17) is 18.0 Å². The summed E-state index contributed by atoms with van der Waals surface area (Å²) in [4.78, 5) is 0.859. The van der Waals surface area contributed by atoms with Gasteiger partial charge in [0.1, 0.15) is 0 Å². The SMILES string of the molecule is NC1CCC(NC(=S)C23CC4CC(c5ccccc5)(CC(C2)C4(F)F)C3)CC1. The van der Waals surface area contributed by atoms with Gasteiger partial charge in [-0.05, 0) is 68.8 Å². The maximum atomic E-state index is 15.1. The molecule has 0 radical (unpaired) electrons. The van der Waals surface area contributed by atoms with Crippen LogP contribution >= 0.6 is 12.2 Å². The lowest BCUT2D eigenvalue weighted by Gasteiger charge is -2.64. The fourth-order valence-corrected chi connectivity index (χ4v) is 7.41. The van der Waals surface area contributed by atoms with Gasteiger partial charge in [-0.2, -0.15) is 0 Å². The van der Waals surface area contributed by atoms with Crippen LogP contribution in [0.2, 0.25) is 0 Å². The van der Waals surface area contributed by atoms with Crippen molar-refractivity contribution in [1.29, 1.82) is 0 Å². The normalized spacial score (nSPS) is 43.7.